The molecule has 3 heterocycles. The van der Waals surface area contributed by atoms with Crippen LogP contribution in [0.5, 0.6) is 11.5 Å². The first-order chi connectivity index (χ1) is 26.6. The van der Waals surface area contributed by atoms with E-state index in [1.165, 1.54) is 48.5 Å². The van der Waals surface area contributed by atoms with E-state index in [1.807, 2.05) is 0 Å². The largest absolute Gasteiger partial charge is 0.507 e. The van der Waals surface area contributed by atoms with Gasteiger partial charge in [0.15, 0.2) is 23.6 Å². The number of ketones is 3. The Kier molecular flexibility index (Phi) is 10.3. The van der Waals surface area contributed by atoms with Crippen molar-refractivity contribution in [3.05, 3.63) is 87.7 Å². The topological polar surface area (TPSA) is 242 Å². The number of benzene rings is 2. The minimum Gasteiger partial charge on any atom is -0.507 e. The van der Waals surface area contributed by atoms with E-state index in [-0.39, 0.29) is 35.2 Å². The van der Waals surface area contributed by atoms with Crippen LogP contribution in [0.25, 0.3) is 0 Å². The van der Waals surface area contributed by atoms with Crippen molar-refractivity contribution < 1.29 is 58.7 Å². The number of amides is 3. The standard InChI is InChI=1S/C40H42N4O12/c1-18(42-37(51)21-10-12-41-13-11-21)39(53)44-14-6-9-26(44)38(52)43-25-15-28(55-19(2)32(25)46)56-27-17-40(54,20(3)45)16-24-29(27)36(50)31-30(35(24)49)33(47)22-7-4-5-8-23(22)34(31)48/h4-5,7-8,10-13,18-19,25-28,32,46,49-50,54H,6,9,14-17H2,1-3H3,(H,42,51)(H,43,52)/t18-,19+,25+,26+,27+,28+,32-,40+/m1/s1. The van der Waals surface area contributed by atoms with Crippen molar-refractivity contribution in [2.45, 2.75) is 101 Å². The van der Waals surface area contributed by atoms with Crippen LogP contribution >= 0.6 is 0 Å². The third-order valence-electron chi connectivity index (χ3n) is 11.3. The lowest BCUT2D eigenvalue weighted by molar-refractivity contribution is -0.249. The predicted molar refractivity (Wildman–Crippen MR) is 194 cm³/mol. The van der Waals surface area contributed by atoms with Crippen LogP contribution in [-0.2, 0) is 30.3 Å². The Morgan fingerprint density at radius 1 is 1.02 bits per heavy atom. The van der Waals surface area contributed by atoms with Gasteiger partial charge in [-0.15, -0.1) is 0 Å². The number of aromatic nitrogens is 1. The molecule has 3 amide bonds. The molecule has 0 spiro atoms. The summed E-state index contributed by atoms with van der Waals surface area (Å²) in [5.74, 6) is -4.92. The molecule has 16 nitrogen and oxygen atoms in total. The minimum absolute atomic E-state index is 0.0220. The van der Waals surface area contributed by atoms with E-state index < -0.39 is 119 Å². The fourth-order valence-corrected chi connectivity index (χ4v) is 8.21. The van der Waals surface area contributed by atoms with Gasteiger partial charge in [0.05, 0.1) is 29.4 Å². The number of carbonyl (C=O) groups excluding carboxylic acids is 6. The Bertz CT molecular complexity index is 2140. The zero-order chi connectivity index (χ0) is 40.2. The quantitative estimate of drug-likeness (QED) is 0.139. The first kappa shape index (κ1) is 38.7. The minimum atomic E-state index is -2.11. The lowest BCUT2D eigenvalue weighted by Gasteiger charge is -2.43. The van der Waals surface area contributed by atoms with Crippen LogP contribution in [-0.4, -0.2) is 114 Å². The van der Waals surface area contributed by atoms with Crippen molar-refractivity contribution in [2.24, 2.45) is 0 Å². The van der Waals surface area contributed by atoms with Crippen LogP contribution in [0.15, 0.2) is 48.8 Å². The van der Waals surface area contributed by atoms with Crippen LogP contribution in [0, 0.1) is 0 Å². The molecule has 2 fully saturated rings. The number of phenolic OH excluding ortho intramolecular Hbond substituents is 2. The lowest BCUT2D eigenvalue weighted by atomic mass is 9.72. The summed E-state index contributed by atoms with van der Waals surface area (Å²) in [6.45, 7) is 4.48. The average molecular weight is 771 g/mol. The summed E-state index contributed by atoms with van der Waals surface area (Å²) in [6, 6.07) is 6.14. The normalized spacial score (nSPS) is 27.4. The lowest BCUT2D eigenvalue weighted by Crippen LogP contribution is -2.59. The Hall–Kier alpha value is -5.55. The van der Waals surface area contributed by atoms with Gasteiger partial charge in [-0.1, -0.05) is 24.3 Å². The van der Waals surface area contributed by atoms with E-state index in [0.29, 0.717) is 18.4 Å². The summed E-state index contributed by atoms with van der Waals surface area (Å²) in [5, 5.41) is 51.4. The SMILES string of the molecule is CC(=O)[C@]1(O)Cc2c(O)c3c(c(O)c2[C@@H](O[C@H]2C[C@H](NC(=O)[C@@H]4CCCN4C(=O)[C@@H](C)NC(=O)c4ccncc4)[C@H](O)[C@H](C)O2)C1)C(=O)c1ccccc1C3=O. The average Bonchev–Trinajstić information content (AvgIpc) is 3.67. The van der Waals surface area contributed by atoms with Gasteiger partial charge in [0, 0.05) is 66.0 Å². The van der Waals surface area contributed by atoms with Gasteiger partial charge in [-0.25, -0.2) is 0 Å². The van der Waals surface area contributed by atoms with Crippen molar-refractivity contribution in [3.63, 3.8) is 0 Å². The van der Waals surface area contributed by atoms with Crippen molar-refractivity contribution in [3.8, 4) is 11.5 Å². The van der Waals surface area contributed by atoms with Crippen LogP contribution in [0.2, 0.25) is 0 Å². The van der Waals surface area contributed by atoms with E-state index >= 15 is 0 Å². The van der Waals surface area contributed by atoms with Crippen molar-refractivity contribution in [1.82, 2.24) is 20.5 Å². The van der Waals surface area contributed by atoms with E-state index in [1.54, 1.807) is 19.1 Å². The molecule has 6 N–H and O–H groups in total. The Morgan fingerprint density at radius 3 is 2.30 bits per heavy atom. The highest BCUT2D eigenvalue weighted by Crippen LogP contribution is 2.52. The Balaban J connectivity index is 1.11. The number of phenols is 2. The Labute approximate surface area is 320 Å². The molecule has 4 aliphatic rings. The molecule has 2 saturated heterocycles. The van der Waals surface area contributed by atoms with Crippen LogP contribution in [0.1, 0.15) is 106 Å². The van der Waals surface area contributed by atoms with Gasteiger partial charge in [-0.2, -0.15) is 0 Å². The second kappa shape index (κ2) is 14.8. The molecular weight excluding hydrogens is 728 g/mol. The molecule has 56 heavy (non-hydrogen) atoms. The molecule has 2 aliphatic carbocycles. The Morgan fingerprint density at radius 2 is 1.66 bits per heavy atom. The number of aliphatic hydroxyl groups excluding tert-OH is 1. The van der Waals surface area contributed by atoms with E-state index in [0.717, 1.165) is 6.92 Å². The summed E-state index contributed by atoms with van der Waals surface area (Å²) in [7, 11) is 0. The summed E-state index contributed by atoms with van der Waals surface area (Å²) in [5.41, 5.74) is -2.90. The molecule has 1 aromatic heterocycles. The number of aliphatic hydroxyl groups is 2. The zero-order valence-electron chi connectivity index (χ0n) is 30.9. The monoisotopic (exact) mass is 770 g/mol. The predicted octanol–water partition coefficient (Wildman–Crippen LogP) is 1.38. The molecule has 7 rings (SSSR count). The van der Waals surface area contributed by atoms with Crippen LogP contribution in [0.4, 0.5) is 0 Å². The van der Waals surface area contributed by atoms with Gasteiger partial charge in [-0.3, -0.25) is 33.8 Å². The molecule has 16 heteroatoms. The summed E-state index contributed by atoms with van der Waals surface area (Å²) in [4.78, 5) is 85.2. The molecule has 0 unspecified atom stereocenters. The number of Topliss-reactive ketones (excluding diaryl/α,β-unsaturated/α-hetero) is 1. The number of nitrogens with one attached hydrogen (secondary N) is 2. The first-order valence-electron chi connectivity index (χ1n) is 18.4. The number of pyridine rings is 1. The summed E-state index contributed by atoms with van der Waals surface area (Å²) < 4.78 is 12.3. The van der Waals surface area contributed by atoms with Crippen molar-refractivity contribution >= 4 is 35.1 Å². The molecule has 0 bridgehead atoms. The molecule has 294 valence electrons. The zero-order valence-corrected chi connectivity index (χ0v) is 30.9. The fourth-order valence-electron chi connectivity index (χ4n) is 8.21. The van der Waals surface area contributed by atoms with Gasteiger partial charge < -0.3 is 45.4 Å². The first-order valence-corrected chi connectivity index (χ1v) is 18.4. The van der Waals surface area contributed by atoms with Gasteiger partial charge in [0.25, 0.3) is 5.91 Å². The molecule has 2 aliphatic heterocycles. The number of rotatable bonds is 8. The van der Waals surface area contributed by atoms with Crippen LogP contribution < -0.4 is 10.6 Å². The second-order valence-corrected chi connectivity index (χ2v) is 14.9. The number of hydrogen-bond donors (Lipinski definition) is 6. The molecule has 3 aromatic rings. The van der Waals surface area contributed by atoms with E-state index in [4.69, 9.17) is 9.47 Å². The number of fused-ring (bicyclic) bond motifs is 3. The van der Waals surface area contributed by atoms with Gasteiger partial charge in [0.1, 0.15) is 35.3 Å². The second-order valence-electron chi connectivity index (χ2n) is 14.9. The molecule has 8 atom stereocenters. The smallest absolute Gasteiger partial charge is 0.252 e. The maximum Gasteiger partial charge on any atom is 0.252 e. The summed E-state index contributed by atoms with van der Waals surface area (Å²) in [6.07, 6.45) is -2.09. The highest BCUT2D eigenvalue weighted by molar-refractivity contribution is 6.30. The van der Waals surface area contributed by atoms with E-state index in [9.17, 15) is 49.2 Å². The number of hydrogen-bond acceptors (Lipinski definition) is 13. The number of carbonyl (C=O) groups is 6. The van der Waals surface area contributed by atoms with Gasteiger partial charge >= 0.3 is 0 Å². The third-order valence-corrected chi connectivity index (χ3v) is 11.3. The third kappa shape index (κ3) is 6.72. The molecule has 2 aromatic carbocycles. The highest BCUT2D eigenvalue weighted by Gasteiger charge is 2.50. The van der Waals surface area contributed by atoms with Crippen molar-refractivity contribution in [2.75, 3.05) is 6.54 Å². The highest BCUT2D eigenvalue weighted by atomic mass is 16.7. The molecule has 0 saturated carbocycles. The molecule has 0 radical (unpaired) electrons. The number of aromatic hydroxyl groups is 2. The van der Waals surface area contributed by atoms with E-state index in [2.05, 4.69) is 15.6 Å². The maximum absolute atomic E-state index is 13.7. The number of ether oxygens (including phenoxy) is 2. The van der Waals surface area contributed by atoms with Gasteiger partial charge in [0.2, 0.25) is 11.8 Å². The number of nitrogens with zero attached hydrogens (tertiary/aromatic N) is 2. The number of likely N-dealkylation sites (tertiary alicyclic amines) is 1. The van der Waals surface area contributed by atoms with Crippen molar-refractivity contribution in [1.29, 1.82) is 0 Å². The molecular formula is C40H42N4O12. The van der Waals surface area contributed by atoms with Gasteiger partial charge in [-0.05, 0) is 45.7 Å². The fraction of sp³-hybridized carbons (Fsp3) is 0.425. The van der Waals surface area contributed by atoms with Crippen LogP contribution in [0.3, 0.4) is 0 Å². The maximum atomic E-state index is 13.7. The summed E-state index contributed by atoms with van der Waals surface area (Å²) >= 11 is 0.